The second-order valence-electron chi connectivity index (χ2n) is 4.53. The lowest BCUT2D eigenvalue weighted by Crippen LogP contribution is -2.22. The molecule has 0 saturated carbocycles. The molecule has 0 aromatic carbocycles. The fraction of sp³-hybridized carbons (Fsp3) is 0.538. The summed E-state index contributed by atoms with van der Waals surface area (Å²) in [5, 5.41) is 9.05. The molecule has 0 saturated heterocycles. The summed E-state index contributed by atoms with van der Waals surface area (Å²) in [6.45, 7) is 9.26. The van der Waals surface area contributed by atoms with Crippen LogP contribution in [0.5, 0.6) is 0 Å². The van der Waals surface area contributed by atoms with Crippen LogP contribution in [0.1, 0.15) is 39.8 Å². The molecule has 0 bridgehead atoms. The van der Waals surface area contributed by atoms with E-state index in [4.69, 9.17) is 0 Å². The smallest absolute Gasteiger partial charge is 0.115 e. The van der Waals surface area contributed by atoms with Gasteiger partial charge in [-0.3, -0.25) is 4.68 Å². The molecule has 1 unspecified atom stereocenters. The first-order valence-corrected chi connectivity index (χ1v) is 7.02. The van der Waals surface area contributed by atoms with Crippen molar-refractivity contribution < 1.29 is 0 Å². The molecule has 4 nitrogen and oxygen atoms in total. The SMILES string of the molecule is CCNC(c1nc(C)c(C)s1)c1cn(C)nc1C. The zero-order chi connectivity index (χ0) is 13.3. The van der Waals surface area contributed by atoms with Crippen LogP contribution in [0.25, 0.3) is 0 Å². The highest BCUT2D eigenvalue weighted by atomic mass is 32.1. The topological polar surface area (TPSA) is 42.7 Å². The molecular weight excluding hydrogens is 244 g/mol. The number of nitrogens with zero attached hydrogens (tertiary/aromatic N) is 3. The molecule has 2 aromatic heterocycles. The summed E-state index contributed by atoms with van der Waals surface area (Å²) in [7, 11) is 1.96. The van der Waals surface area contributed by atoms with Gasteiger partial charge in [-0.15, -0.1) is 11.3 Å². The normalized spacial score (nSPS) is 12.9. The molecule has 18 heavy (non-hydrogen) atoms. The Morgan fingerprint density at radius 1 is 1.33 bits per heavy atom. The number of aromatic nitrogens is 3. The largest absolute Gasteiger partial charge is 0.304 e. The van der Waals surface area contributed by atoms with Crippen molar-refractivity contribution in [3.8, 4) is 0 Å². The van der Waals surface area contributed by atoms with Crippen LogP contribution in [0.4, 0.5) is 0 Å². The number of hydrogen-bond donors (Lipinski definition) is 1. The molecule has 0 spiro atoms. The number of nitrogens with one attached hydrogen (secondary N) is 1. The summed E-state index contributed by atoms with van der Waals surface area (Å²) in [4.78, 5) is 5.96. The van der Waals surface area contributed by atoms with Gasteiger partial charge in [0.05, 0.1) is 17.4 Å². The maximum atomic E-state index is 4.67. The minimum absolute atomic E-state index is 0.154. The monoisotopic (exact) mass is 264 g/mol. The highest BCUT2D eigenvalue weighted by molar-refractivity contribution is 7.11. The summed E-state index contributed by atoms with van der Waals surface area (Å²) < 4.78 is 1.86. The van der Waals surface area contributed by atoms with Gasteiger partial charge in [0, 0.05) is 23.7 Å². The standard InChI is InChI=1S/C13H20N4S/c1-6-14-12(11-7-17(5)16-9(11)3)13-15-8(2)10(4)18-13/h7,12,14H,6H2,1-5H3. The van der Waals surface area contributed by atoms with E-state index in [1.165, 1.54) is 10.4 Å². The Balaban J connectivity index is 2.42. The van der Waals surface area contributed by atoms with E-state index >= 15 is 0 Å². The van der Waals surface area contributed by atoms with Gasteiger partial charge in [-0.2, -0.15) is 5.10 Å². The third-order valence-electron chi connectivity index (χ3n) is 3.06. The van der Waals surface area contributed by atoms with Crippen LogP contribution in [0.15, 0.2) is 6.20 Å². The molecule has 0 aliphatic heterocycles. The summed E-state index contributed by atoms with van der Waals surface area (Å²) >= 11 is 1.76. The van der Waals surface area contributed by atoms with E-state index in [9.17, 15) is 0 Å². The van der Waals surface area contributed by atoms with Crippen LogP contribution in [-0.4, -0.2) is 21.3 Å². The van der Waals surface area contributed by atoms with Crippen LogP contribution in [0.3, 0.4) is 0 Å². The first-order chi connectivity index (χ1) is 8.52. The first kappa shape index (κ1) is 13.2. The molecule has 0 fully saturated rings. The van der Waals surface area contributed by atoms with Gasteiger partial charge in [-0.25, -0.2) is 4.98 Å². The summed E-state index contributed by atoms with van der Waals surface area (Å²) in [5.41, 5.74) is 3.40. The fourth-order valence-electron chi connectivity index (χ4n) is 2.06. The molecule has 2 heterocycles. The predicted octanol–water partition coefficient (Wildman–Crippen LogP) is 2.50. The number of aryl methyl sites for hydroxylation is 4. The van der Waals surface area contributed by atoms with Crippen LogP contribution in [0.2, 0.25) is 0 Å². The summed E-state index contributed by atoms with van der Waals surface area (Å²) in [6.07, 6.45) is 2.08. The second-order valence-corrected chi connectivity index (χ2v) is 5.76. The Kier molecular flexibility index (Phi) is 3.82. The van der Waals surface area contributed by atoms with Crippen LogP contribution < -0.4 is 5.32 Å². The molecule has 1 atom stereocenters. The van der Waals surface area contributed by atoms with Gasteiger partial charge in [-0.1, -0.05) is 6.92 Å². The van der Waals surface area contributed by atoms with Crippen molar-refractivity contribution in [1.29, 1.82) is 0 Å². The minimum Gasteiger partial charge on any atom is -0.304 e. The Hall–Kier alpha value is -1.20. The quantitative estimate of drug-likeness (QED) is 0.922. The Labute approximate surface area is 112 Å². The van der Waals surface area contributed by atoms with Crippen molar-refractivity contribution in [1.82, 2.24) is 20.1 Å². The summed E-state index contributed by atoms with van der Waals surface area (Å²) in [6, 6.07) is 0.154. The zero-order valence-electron chi connectivity index (χ0n) is 11.6. The van der Waals surface area contributed by atoms with Gasteiger partial charge in [0.15, 0.2) is 0 Å². The van der Waals surface area contributed by atoms with Crippen LogP contribution in [0, 0.1) is 20.8 Å². The van der Waals surface area contributed by atoms with Crippen LogP contribution >= 0.6 is 11.3 Å². The van der Waals surface area contributed by atoms with E-state index in [0.717, 1.165) is 22.9 Å². The molecular formula is C13H20N4S. The van der Waals surface area contributed by atoms with Crippen molar-refractivity contribution in [2.24, 2.45) is 7.05 Å². The highest BCUT2D eigenvalue weighted by Gasteiger charge is 2.21. The molecule has 0 aliphatic rings. The van der Waals surface area contributed by atoms with Crippen molar-refractivity contribution in [2.75, 3.05) is 6.54 Å². The van der Waals surface area contributed by atoms with Crippen molar-refractivity contribution in [2.45, 2.75) is 33.7 Å². The maximum absolute atomic E-state index is 4.67. The van der Waals surface area contributed by atoms with Gasteiger partial charge in [0.25, 0.3) is 0 Å². The molecule has 1 N–H and O–H groups in total. The average Bonchev–Trinajstić information content (AvgIpc) is 2.79. The molecule has 2 rings (SSSR count). The zero-order valence-corrected chi connectivity index (χ0v) is 12.4. The lowest BCUT2D eigenvalue weighted by Gasteiger charge is -2.14. The maximum Gasteiger partial charge on any atom is 0.115 e. The fourth-order valence-corrected chi connectivity index (χ4v) is 3.07. The third kappa shape index (κ3) is 2.47. The Morgan fingerprint density at radius 3 is 2.50 bits per heavy atom. The van der Waals surface area contributed by atoms with E-state index in [1.54, 1.807) is 11.3 Å². The lowest BCUT2D eigenvalue weighted by molar-refractivity contribution is 0.623. The van der Waals surface area contributed by atoms with Gasteiger partial charge < -0.3 is 5.32 Å². The van der Waals surface area contributed by atoms with Crippen molar-refractivity contribution in [3.63, 3.8) is 0 Å². The van der Waals surface area contributed by atoms with Crippen LogP contribution in [-0.2, 0) is 7.05 Å². The van der Waals surface area contributed by atoms with E-state index < -0.39 is 0 Å². The van der Waals surface area contributed by atoms with Gasteiger partial charge in [0.2, 0.25) is 0 Å². The second kappa shape index (κ2) is 5.20. The first-order valence-electron chi connectivity index (χ1n) is 6.20. The molecule has 98 valence electrons. The number of thiazole rings is 1. The van der Waals surface area contributed by atoms with Gasteiger partial charge in [-0.05, 0) is 27.3 Å². The average molecular weight is 264 g/mol. The van der Waals surface area contributed by atoms with Crippen molar-refractivity contribution >= 4 is 11.3 Å². The van der Waals surface area contributed by atoms with E-state index in [-0.39, 0.29) is 6.04 Å². The Bertz CT molecular complexity index is 522. The molecule has 0 amide bonds. The predicted molar refractivity (Wildman–Crippen MR) is 75.1 cm³/mol. The molecule has 0 radical (unpaired) electrons. The summed E-state index contributed by atoms with van der Waals surface area (Å²) in [5.74, 6) is 0. The molecule has 0 aliphatic carbocycles. The molecule has 5 heteroatoms. The van der Waals surface area contributed by atoms with E-state index in [2.05, 4.69) is 42.4 Å². The molecule has 2 aromatic rings. The van der Waals surface area contributed by atoms with E-state index in [1.807, 2.05) is 18.7 Å². The van der Waals surface area contributed by atoms with E-state index in [0.29, 0.717) is 0 Å². The van der Waals surface area contributed by atoms with Crippen molar-refractivity contribution in [3.05, 3.63) is 33.0 Å². The number of hydrogen-bond acceptors (Lipinski definition) is 4. The van der Waals surface area contributed by atoms with Gasteiger partial charge in [0.1, 0.15) is 5.01 Å². The lowest BCUT2D eigenvalue weighted by atomic mass is 10.1. The number of rotatable bonds is 4. The van der Waals surface area contributed by atoms with Gasteiger partial charge >= 0.3 is 0 Å². The minimum atomic E-state index is 0.154. The third-order valence-corrected chi connectivity index (χ3v) is 4.20. The Morgan fingerprint density at radius 2 is 2.06 bits per heavy atom. The highest BCUT2D eigenvalue weighted by Crippen LogP contribution is 2.29.